The highest BCUT2D eigenvalue weighted by molar-refractivity contribution is 5.66. The molecule has 0 radical (unpaired) electrons. The molecule has 3 aromatic rings. The second kappa shape index (κ2) is 7.87. The van der Waals surface area contributed by atoms with Crippen molar-refractivity contribution in [3.8, 4) is 17.0 Å². The summed E-state index contributed by atoms with van der Waals surface area (Å²) in [4.78, 5) is 9.29. The van der Waals surface area contributed by atoms with Crippen LogP contribution in [-0.2, 0) is 0 Å². The molecule has 0 bridgehead atoms. The van der Waals surface area contributed by atoms with Gasteiger partial charge in [-0.1, -0.05) is 30.3 Å². The van der Waals surface area contributed by atoms with Gasteiger partial charge in [-0.15, -0.1) is 0 Å². The fourth-order valence-corrected chi connectivity index (χ4v) is 2.71. The molecule has 0 amide bonds. The Bertz CT molecular complexity index is 878. The number of hydrogen-bond acceptors (Lipinski definition) is 5. The van der Waals surface area contributed by atoms with E-state index < -0.39 is 0 Å². The van der Waals surface area contributed by atoms with E-state index in [1.54, 1.807) is 7.11 Å². The van der Waals surface area contributed by atoms with E-state index in [-0.39, 0.29) is 6.04 Å². The third kappa shape index (κ3) is 4.30. The van der Waals surface area contributed by atoms with Gasteiger partial charge in [0.15, 0.2) is 0 Å². The van der Waals surface area contributed by atoms with Crippen LogP contribution >= 0.6 is 0 Å². The molecular weight excluding hydrogens is 324 g/mol. The van der Waals surface area contributed by atoms with Gasteiger partial charge in [0.2, 0.25) is 5.95 Å². The van der Waals surface area contributed by atoms with Crippen LogP contribution in [0, 0.1) is 6.92 Å². The Morgan fingerprint density at radius 1 is 0.962 bits per heavy atom. The van der Waals surface area contributed by atoms with Crippen LogP contribution in [0.25, 0.3) is 11.3 Å². The zero-order chi connectivity index (χ0) is 18.5. The fourth-order valence-electron chi connectivity index (χ4n) is 2.71. The summed E-state index contributed by atoms with van der Waals surface area (Å²) in [6, 6.07) is 18.3. The Morgan fingerprint density at radius 2 is 1.73 bits per heavy atom. The van der Waals surface area contributed by atoms with Crippen LogP contribution < -0.4 is 15.4 Å². The fraction of sp³-hybridized carbons (Fsp3) is 0.238. The van der Waals surface area contributed by atoms with Crippen molar-refractivity contribution in [3.05, 3.63) is 60.2 Å². The van der Waals surface area contributed by atoms with Crippen LogP contribution in [0.5, 0.6) is 5.75 Å². The molecule has 26 heavy (non-hydrogen) atoms. The van der Waals surface area contributed by atoms with E-state index >= 15 is 0 Å². The van der Waals surface area contributed by atoms with E-state index in [0.29, 0.717) is 5.95 Å². The molecule has 1 aromatic heterocycles. The highest BCUT2D eigenvalue weighted by Crippen LogP contribution is 2.26. The number of rotatable bonds is 6. The first-order valence-corrected chi connectivity index (χ1v) is 8.68. The van der Waals surface area contributed by atoms with Crippen molar-refractivity contribution in [2.24, 2.45) is 0 Å². The van der Waals surface area contributed by atoms with E-state index in [2.05, 4.69) is 34.4 Å². The van der Waals surface area contributed by atoms with Crippen LogP contribution in [0.3, 0.4) is 0 Å². The van der Waals surface area contributed by atoms with E-state index in [9.17, 15) is 0 Å². The minimum Gasteiger partial charge on any atom is -0.496 e. The van der Waals surface area contributed by atoms with Crippen LogP contribution in [0.2, 0.25) is 0 Å². The van der Waals surface area contributed by atoms with Crippen LogP contribution in [0.15, 0.2) is 54.6 Å². The van der Waals surface area contributed by atoms with E-state index in [1.165, 1.54) is 0 Å². The van der Waals surface area contributed by atoms with Crippen molar-refractivity contribution in [1.82, 2.24) is 9.97 Å². The molecule has 134 valence electrons. The lowest BCUT2D eigenvalue weighted by atomic mass is 10.1. The highest BCUT2D eigenvalue weighted by Gasteiger charge is 2.09. The van der Waals surface area contributed by atoms with Crippen LogP contribution in [0.4, 0.5) is 17.5 Å². The number of aromatic nitrogens is 2. The van der Waals surface area contributed by atoms with Crippen molar-refractivity contribution >= 4 is 17.5 Å². The first kappa shape index (κ1) is 17.7. The second-order valence-corrected chi connectivity index (χ2v) is 6.44. The summed E-state index contributed by atoms with van der Waals surface area (Å²) in [6.45, 7) is 6.19. The van der Waals surface area contributed by atoms with Gasteiger partial charge in [0.1, 0.15) is 11.6 Å². The zero-order valence-electron chi connectivity index (χ0n) is 15.6. The maximum absolute atomic E-state index is 5.32. The first-order valence-electron chi connectivity index (χ1n) is 8.68. The number of aryl methyl sites for hydroxylation is 1. The molecule has 1 heterocycles. The van der Waals surface area contributed by atoms with Crippen molar-refractivity contribution in [1.29, 1.82) is 0 Å². The van der Waals surface area contributed by atoms with E-state index in [4.69, 9.17) is 4.74 Å². The second-order valence-electron chi connectivity index (χ2n) is 6.44. The van der Waals surface area contributed by atoms with Gasteiger partial charge in [-0.25, -0.2) is 4.98 Å². The Hall–Kier alpha value is -3.08. The van der Waals surface area contributed by atoms with Gasteiger partial charge in [-0.05, 0) is 44.5 Å². The van der Waals surface area contributed by atoms with Crippen molar-refractivity contribution < 1.29 is 4.74 Å². The number of nitrogens with zero attached hydrogens (tertiary/aromatic N) is 2. The summed E-state index contributed by atoms with van der Waals surface area (Å²) >= 11 is 0. The Morgan fingerprint density at radius 3 is 2.38 bits per heavy atom. The lowest BCUT2D eigenvalue weighted by Gasteiger charge is -2.14. The number of anilines is 3. The predicted molar refractivity (Wildman–Crippen MR) is 107 cm³/mol. The lowest BCUT2D eigenvalue weighted by molar-refractivity contribution is 0.412. The van der Waals surface area contributed by atoms with Crippen LogP contribution in [-0.4, -0.2) is 23.1 Å². The highest BCUT2D eigenvalue weighted by atomic mass is 16.5. The van der Waals surface area contributed by atoms with E-state index in [0.717, 1.165) is 34.1 Å². The molecule has 0 fully saturated rings. The molecule has 2 aromatic carbocycles. The van der Waals surface area contributed by atoms with Gasteiger partial charge >= 0.3 is 0 Å². The molecule has 0 aliphatic carbocycles. The molecule has 0 aliphatic rings. The standard InChI is InChI=1S/C21H24N4O/c1-14(2)22-20-13-18(16-8-6-5-7-9-16)24-21(25-20)23-17-10-11-19(26-4)15(3)12-17/h5-14H,1-4H3,(H2,22,23,24,25). The summed E-state index contributed by atoms with van der Waals surface area (Å²) in [7, 11) is 1.67. The molecule has 5 heteroatoms. The quantitative estimate of drug-likeness (QED) is 0.655. The number of benzene rings is 2. The number of methoxy groups -OCH3 is 1. The summed E-state index contributed by atoms with van der Waals surface area (Å²) in [5.74, 6) is 2.21. The van der Waals surface area contributed by atoms with Gasteiger partial charge < -0.3 is 15.4 Å². The van der Waals surface area contributed by atoms with Gasteiger partial charge in [-0.3, -0.25) is 0 Å². The first-order chi connectivity index (χ1) is 12.5. The molecule has 3 rings (SSSR count). The summed E-state index contributed by atoms with van der Waals surface area (Å²) in [5.41, 5.74) is 3.90. The third-order valence-corrected chi connectivity index (χ3v) is 3.88. The molecular formula is C21H24N4O. The van der Waals surface area contributed by atoms with Crippen molar-refractivity contribution in [3.63, 3.8) is 0 Å². The molecule has 0 spiro atoms. The molecule has 0 saturated carbocycles. The third-order valence-electron chi connectivity index (χ3n) is 3.88. The smallest absolute Gasteiger partial charge is 0.229 e. The van der Waals surface area contributed by atoms with Crippen LogP contribution in [0.1, 0.15) is 19.4 Å². The minimum absolute atomic E-state index is 0.282. The summed E-state index contributed by atoms with van der Waals surface area (Å²) < 4.78 is 5.32. The van der Waals surface area contributed by atoms with Gasteiger partial charge in [0.25, 0.3) is 0 Å². The summed E-state index contributed by atoms with van der Waals surface area (Å²) in [5, 5.41) is 6.66. The van der Waals surface area contributed by atoms with Gasteiger partial charge in [0, 0.05) is 23.4 Å². The SMILES string of the molecule is COc1ccc(Nc2nc(NC(C)C)cc(-c3ccccc3)n2)cc1C. The molecule has 5 nitrogen and oxygen atoms in total. The zero-order valence-corrected chi connectivity index (χ0v) is 15.6. The predicted octanol–water partition coefficient (Wildman–Crippen LogP) is 5.02. The molecule has 0 aliphatic heterocycles. The molecule has 0 unspecified atom stereocenters. The number of hydrogen-bond donors (Lipinski definition) is 2. The average molecular weight is 348 g/mol. The number of ether oxygens (including phenoxy) is 1. The maximum Gasteiger partial charge on any atom is 0.229 e. The number of nitrogens with one attached hydrogen (secondary N) is 2. The van der Waals surface area contributed by atoms with Gasteiger partial charge in [0.05, 0.1) is 12.8 Å². The Labute approximate surface area is 154 Å². The Balaban J connectivity index is 1.96. The normalized spacial score (nSPS) is 10.7. The van der Waals surface area contributed by atoms with Gasteiger partial charge in [-0.2, -0.15) is 4.98 Å². The monoisotopic (exact) mass is 348 g/mol. The average Bonchev–Trinajstić information content (AvgIpc) is 2.62. The summed E-state index contributed by atoms with van der Waals surface area (Å²) in [6.07, 6.45) is 0. The minimum atomic E-state index is 0.282. The van der Waals surface area contributed by atoms with Crippen molar-refractivity contribution in [2.75, 3.05) is 17.7 Å². The molecule has 0 atom stereocenters. The Kier molecular flexibility index (Phi) is 5.37. The maximum atomic E-state index is 5.32. The van der Waals surface area contributed by atoms with E-state index in [1.807, 2.05) is 61.5 Å². The lowest BCUT2D eigenvalue weighted by Crippen LogP contribution is -2.12. The van der Waals surface area contributed by atoms with Crippen molar-refractivity contribution in [2.45, 2.75) is 26.8 Å². The largest absolute Gasteiger partial charge is 0.496 e. The molecule has 2 N–H and O–H groups in total. The topological polar surface area (TPSA) is 59.1 Å². The molecule has 0 saturated heterocycles.